The molecule has 0 aromatic carbocycles. The van der Waals surface area contributed by atoms with E-state index in [0.29, 0.717) is 6.42 Å². The smallest absolute Gasteiger partial charge is 0.312 e. The third-order valence-electron chi connectivity index (χ3n) is 3.56. The van der Waals surface area contributed by atoms with Crippen molar-refractivity contribution < 1.29 is 9.90 Å². The maximum atomic E-state index is 10.7. The lowest BCUT2D eigenvalue weighted by molar-refractivity contribution is -0.138. The van der Waals surface area contributed by atoms with Crippen LogP contribution in [0.5, 0.6) is 0 Å². The zero-order valence-corrected chi connectivity index (χ0v) is 12.8. The largest absolute Gasteiger partial charge is 0.481 e. The quantitative estimate of drug-likeness (QED) is 0.199. The van der Waals surface area contributed by atoms with Crippen molar-refractivity contribution in [3.8, 4) is 0 Å². The van der Waals surface area contributed by atoms with Gasteiger partial charge in [-0.3, -0.25) is 4.79 Å². The highest BCUT2D eigenvalue weighted by molar-refractivity contribution is 5.73. The molecule has 5 nitrogen and oxygen atoms in total. The van der Waals surface area contributed by atoms with E-state index in [2.05, 4.69) is 16.9 Å². The molecule has 0 saturated carbocycles. The van der Waals surface area contributed by atoms with Gasteiger partial charge >= 0.3 is 5.97 Å². The van der Waals surface area contributed by atoms with Gasteiger partial charge in [-0.25, -0.2) is 0 Å². The average Bonchev–Trinajstić information content (AvgIpc) is 2.43. The van der Waals surface area contributed by atoms with Gasteiger partial charge in [0.25, 0.3) is 0 Å². The van der Waals surface area contributed by atoms with Gasteiger partial charge in [0.2, 0.25) is 0 Å². The zero-order chi connectivity index (χ0) is 15.1. The second-order valence-electron chi connectivity index (χ2n) is 5.38. The summed E-state index contributed by atoms with van der Waals surface area (Å²) in [7, 11) is 0. The Labute approximate surface area is 122 Å². The lowest BCUT2D eigenvalue weighted by Gasteiger charge is -2.05. The van der Waals surface area contributed by atoms with Crippen LogP contribution < -0.4 is 0 Å². The first kappa shape index (κ1) is 18.8. The summed E-state index contributed by atoms with van der Waals surface area (Å²) in [4.78, 5) is 13.3. The van der Waals surface area contributed by atoms with Crippen LogP contribution in [0.25, 0.3) is 10.4 Å². The summed E-state index contributed by atoms with van der Waals surface area (Å²) >= 11 is 0. The van der Waals surface area contributed by atoms with Gasteiger partial charge < -0.3 is 5.11 Å². The number of aliphatic carboxylic acids is 1. The highest BCUT2D eigenvalue weighted by atomic mass is 16.4. The van der Waals surface area contributed by atoms with Gasteiger partial charge in [0.1, 0.15) is 6.04 Å². The van der Waals surface area contributed by atoms with Gasteiger partial charge in [0.05, 0.1) is 0 Å². The number of azide groups is 1. The van der Waals surface area contributed by atoms with E-state index in [4.69, 9.17) is 10.6 Å². The van der Waals surface area contributed by atoms with E-state index < -0.39 is 12.0 Å². The van der Waals surface area contributed by atoms with Gasteiger partial charge in [0, 0.05) is 4.91 Å². The molecule has 0 saturated heterocycles. The zero-order valence-electron chi connectivity index (χ0n) is 12.8. The van der Waals surface area contributed by atoms with Crippen LogP contribution in [-0.4, -0.2) is 17.1 Å². The second kappa shape index (κ2) is 14.2. The number of carboxylic acid groups (broad SMARTS) is 1. The lowest BCUT2D eigenvalue weighted by Crippen LogP contribution is -2.16. The van der Waals surface area contributed by atoms with Crippen LogP contribution in [0.15, 0.2) is 5.11 Å². The van der Waals surface area contributed by atoms with Crippen molar-refractivity contribution in [1.29, 1.82) is 0 Å². The fraction of sp³-hybridized carbons (Fsp3) is 0.933. The molecule has 0 rings (SSSR count). The minimum absolute atomic E-state index is 0.455. The SMILES string of the molecule is CCCCCCCCCCCCCC(N=[N+]=[N-])C(=O)O. The molecule has 0 aromatic heterocycles. The van der Waals surface area contributed by atoms with E-state index in [0.717, 1.165) is 19.3 Å². The van der Waals surface area contributed by atoms with E-state index in [1.165, 1.54) is 51.4 Å². The van der Waals surface area contributed by atoms with E-state index in [-0.39, 0.29) is 0 Å². The molecule has 0 radical (unpaired) electrons. The van der Waals surface area contributed by atoms with Crippen molar-refractivity contribution in [1.82, 2.24) is 0 Å². The molecular formula is C15H29N3O2. The topological polar surface area (TPSA) is 86.1 Å². The maximum absolute atomic E-state index is 10.7. The van der Waals surface area contributed by atoms with Crippen molar-refractivity contribution in [2.45, 2.75) is 90.0 Å². The highest BCUT2D eigenvalue weighted by Crippen LogP contribution is 2.13. The predicted octanol–water partition coefficient (Wildman–Crippen LogP) is 5.45. The first-order valence-electron chi connectivity index (χ1n) is 7.99. The van der Waals surface area contributed by atoms with Crippen molar-refractivity contribution in [3.63, 3.8) is 0 Å². The van der Waals surface area contributed by atoms with Crippen LogP contribution in [0.1, 0.15) is 84.0 Å². The van der Waals surface area contributed by atoms with Crippen LogP contribution in [0.4, 0.5) is 0 Å². The Kier molecular flexibility index (Phi) is 13.3. The van der Waals surface area contributed by atoms with Crippen molar-refractivity contribution in [3.05, 3.63) is 10.4 Å². The van der Waals surface area contributed by atoms with E-state index in [1.807, 2.05) is 0 Å². The predicted molar refractivity (Wildman–Crippen MR) is 81.6 cm³/mol. The summed E-state index contributed by atoms with van der Waals surface area (Å²) in [6.07, 6.45) is 14.0. The molecule has 1 atom stereocenters. The maximum Gasteiger partial charge on any atom is 0.312 e. The van der Waals surface area contributed by atoms with E-state index in [9.17, 15) is 4.79 Å². The lowest BCUT2D eigenvalue weighted by atomic mass is 10.0. The molecular weight excluding hydrogens is 254 g/mol. The van der Waals surface area contributed by atoms with Crippen molar-refractivity contribution >= 4 is 5.97 Å². The molecule has 0 aliphatic carbocycles. The molecule has 20 heavy (non-hydrogen) atoms. The number of rotatable bonds is 14. The second-order valence-corrected chi connectivity index (χ2v) is 5.38. The number of nitrogens with zero attached hydrogens (tertiary/aromatic N) is 3. The molecule has 1 unspecified atom stereocenters. The van der Waals surface area contributed by atoms with Gasteiger partial charge in [-0.15, -0.1) is 0 Å². The van der Waals surface area contributed by atoms with E-state index in [1.54, 1.807) is 0 Å². The number of hydrogen-bond acceptors (Lipinski definition) is 2. The van der Waals surface area contributed by atoms with Gasteiger partial charge in [-0.2, -0.15) is 0 Å². The molecule has 0 amide bonds. The molecule has 0 aromatic rings. The van der Waals surface area contributed by atoms with Crippen LogP contribution in [-0.2, 0) is 4.79 Å². The molecule has 0 spiro atoms. The Bertz CT molecular complexity index is 287. The number of carboxylic acids is 1. The minimum atomic E-state index is -1.02. The number of hydrogen-bond donors (Lipinski definition) is 1. The van der Waals surface area contributed by atoms with Crippen LogP contribution >= 0.6 is 0 Å². The molecule has 1 N–H and O–H groups in total. The summed E-state index contributed by atoms with van der Waals surface area (Å²) in [6, 6.07) is -0.890. The van der Waals surface area contributed by atoms with Gasteiger partial charge in [0.15, 0.2) is 0 Å². The van der Waals surface area contributed by atoms with E-state index >= 15 is 0 Å². The molecule has 0 fully saturated rings. The fourth-order valence-corrected chi connectivity index (χ4v) is 2.29. The molecule has 0 aliphatic rings. The van der Waals surface area contributed by atoms with Crippen LogP contribution in [0.2, 0.25) is 0 Å². The Morgan fingerprint density at radius 2 is 1.45 bits per heavy atom. The summed E-state index contributed by atoms with van der Waals surface area (Å²) in [5, 5.41) is 12.1. The molecule has 0 bridgehead atoms. The first-order valence-corrected chi connectivity index (χ1v) is 7.99. The number of unbranched alkanes of at least 4 members (excludes halogenated alkanes) is 10. The van der Waals surface area contributed by atoms with Gasteiger partial charge in [-0.1, -0.05) is 82.7 Å². The standard InChI is InChI=1S/C15H29N3O2/c1-2-3-4-5-6-7-8-9-10-11-12-13-14(15(19)20)17-18-16/h14H,2-13H2,1H3,(H,19,20). The summed E-state index contributed by atoms with van der Waals surface area (Å²) in [5.74, 6) is -1.02. The first-order chi connectivity index (χ1) is 9.72. The Balaban J connectivity index is 3.31. The fourth-order valence-electron chi connectivity index (χ4n) is 2.29. The van der Waals surface area contributed by atoms with Gasteiger partial charge in [-0.05, 0) is 12.0 Å². The third-order valence-corrected chi connectivity index (χ3v) is 3.56. The van der Waals surface area contributed by atoms with Crippen molar-refractivity contribution in [2.75, 3.05) is 0 Å². The summed E-state index contributed by atoms with van der Waals surface area (Å²) < 4.78 is 0. The number of carbonyl (C=O) groups is 1. The normalized spacial score (nSPS) is 11.8. The van der Waals surface area contributed by atoms with Crippen LogP contribution in [0.3, 0.4) is 0 Å². The van der Waals surface area contributed by atoms with Crippen molar-refractivity contribution in [2.24, 2.45) is 5.11 Å². The molecule has 116 valence electrons. The third kappa shape index (κ3) is 11.8. The Morgan fingerprint density at radius 3 is 1.85 bits per heavy atom. The molecule has 5 heteroatoms. The average molecular weight is 283 g/mol. The highest BCUT2D eigenvalue weighted by Gasteiger charge is 2.14. The summed E-state index contributed by atoms with van der Waals surface area (Å²) in [5.41, 5.74) is 8.26. The Hall–Kier alpha value is -1.22. The monoisotopic (exact) mass is 283 g/mol. The molecule has 0 aliphatic heterocycles. The van der Waals surface area contributed by atoms with Crippen LogP contribution in [0, 0.1) is 0 Å². The molecule has 0 heterocycles. The minimum Gasteiger partial charge on any atom is -0.481 e. The summed E-state index contributed by atoms with van der Waals surface area (Å²) in [6.45, 7) is 2.23. The Morgan fingerprint density at radius 1 is 1.00 bits per heavy atom.